The Hall–Kier alpha value is -1.85. The van der Waals surface area contributed by atoms with Crippen molar-refractivity contribution in [1.29, 1.82) is 0 Å². The van der Waals surface area contributed by atoms with Gasteiger partial charge in [-0.2, -0.15) is 0 Å². The van der Waals surface area contributed by atoms with Crippen molar-refractivity contribution >= 4 is 23.0 Å². The third kappa shape index (κ3) is 4.36. The molecule has 128 valence electrons. The largest absolute Gasteiger partial charge is 0.463 e. The Kier molecular flexibility index (Phi) is 5.88. The van der Waals surface area contributed by atoms with E-state index in [9.17, 15) is 0 Å². The number of rotatable bonds is 6. The molecule has 1 fully saturated rings. The molecule has 0 saturated carbocycles. The summed E-state index contributed by atoms with van der Waals surface area (Å²) in [6.07, 6.45) is 5.38. The molecule has 4 nitrogen and oxygen atoms in total. The molecule has 1 aliphatic rings. The van der Waals surface area contributed by atoms with Crippen molar-refractivity contribution < 1.29 is 9.32 Å². The molecule has 1 aromatic heterocycles. The molecule has 3 rings (SSSR count). The van der Waals surface area contributed by atoms with Gasteiger partial charge in [0.05, 0.1) is 25.9 Å². The first kappa shape index (κ1) is 17.0. The van der Waals surface area contributed by atoms with E-state index in [0.717, 1.165) is 24.4 Å². The summed E-state index contributed by atoms with van der Waals surface area (Å²) in [4.78, 5) is 1.58. The third-order valence-corrected chi connectivity index (χ3v) is 4.96. The Morgan fingerprint density at radius 1 is 1.21 bits per heavy atom. The monoisotopic (exact) mass is 344 g/mol. The molecule has 1 aromatic carbocycles. The lowest BCUT2D eigenvalue weighted by Gasteiger charge is -2.23. The topological polar surface area (TPSA) is 41.6 Å². The SMILES string of the molecule is CCc1ccc(NC(=S)NC[C@H](c2ccco2)[NH+]2CCCC2)cc1. The average Bonchev–Trinajstić information content (AvgIpc) is 3.30. The van der Waals surface area contributed by atoms with Gasteiger partial charge >= 0.3 is 0 Å². The molecule has 0 aliphatic carbocycles. The van der Waals surface area contributed by atoms with Crippen molar-refractivity contribution in [3.63, 3.8) is 0 Å². The van der Waals surface area contributed by atoms with Crippen LogP contribution in [0.4, 0.5) is 5.69 Å². The van der Waals surface area contributed by atoms with Gasteiger partial charge in [-0.05, 0) is 48.5 Å². The number of quaternary nitrogens is 1. The Balaban J connectivity index is 1.56. The van der Waals surface area contributed by atoms with Crippen LogP contribution in [-0.4, -0.2) is 24.7 Å². The standard InChI is InChI=1S/C19H25N3OS/c1-2-15-7-9-16(10-8-15)21-19(24)20-14-17(18-6-5-13-23-18)22-11-3-4-12-22/h5-10,13,17H,2-4,11-12,14H2,1H3,(H2,20,21,24)/p+1/t17-/m1/s1. The van der Waals surface area contributed by atoms with Crippen LogP contribution in [-0.2, 0) is 6.42 Å². The molecule has 2 heterocycles. The lowest BCUT2D eigenvalue weighted by Crippen LogP contribution is -3.11. The van der Waals surface area contributed by atoms with E-state index >= 15 is 0 Å². The van der Waals surface area contributed by atoms with E-state index in [1.807, 2.05) is 6.07 Å². The Labute approximate surface area is 149 Å². The van der Waals surface area contributed by atoms with Crippen LogP contribution in [0, 0.1) is 0 Å². The van der Waals surface area contributed by atoms with Crippen molar-refractivity contribution in [2.45, 2.75) is 32.2 Å². The van der Waals surface area contributed by atoms with Crippen LogP contribution in [0.25, 0.3) is 0 Å². The summed E-state index contributed by atoms with van der Waals surface area (Å²) in [6, 6.07) is 12.7. The van der Waals surface area contributed by atoms with Crippen LogP contribution in [0.1, 0.15) is 37.1 Å². The van der Waals surface area contributed by atoms with Crippen LogP contribution in [0.15, 0.2) is 47.1 Å². The van der Waals surface area contributed by atoms with Gasteiger partial charge in [-0.3, -0.25) is 0 Å². The molecule has 1 aliphatic heterocycles. The highest BCUT2D eigenvalue weighted by atomic mass is 32.1. The summed E-state index contributed by atoms with van der Waals surface area (Å²) in [5.41, 5.74) is 2.35. The molecule has 5 heteroatoms. The number of nitrogens with one attached hydrogen (secondary N) is 3. The molecule has 0 spiro atoms. The van der Waals surface area contributed by atoms with Crippen molar-refractivity contribution in [1.82, 2.24) is 5.32 Å². The predicted octanol–water partition coefficient (Wildman–Crippen LogP) is 2.55. The van der Waals surface area contributed by atoms with Crippen molar-refractivity contribution in [2.24, 2.45) is 0 Å². The van der Waals surface area contributed by atoms with Gasteiger partial charge in [0, 0.05) is 18.5 Å². The molecule has 24 heavy (non-hydrogen) atoms. The minimum Gasteiger partial charge on any atom is -0.463 e. The molecule has 1 saturated heterocycles. The Bertz CT molecular complexity index is 633. The molecule has 0 radical (unpaired) electrons. The average molecular weight is 345 g/mol. The molecule has 0 unspecified atom stereocenters. The molecule has 0 bridgehead atoms. The lowest BCUT2D eigenvalue weighted by molar-refractivity contribution is -0.919. The number of furan rings is 1. The fourth-order valence-corrected chi connectivity index (χ4v) is 3.51. The highest BCUT2D eigenvalue weighted by Gasteiger charge is 2.29. The maximum absolute atomic E-state index is 5.66. The van der Waals surface area contributed by atoms with Crippen LogP contribution in [0.5, 0.6) is 0 Å². The maximum Gasteiger partial charge on any atom is 0.171 e. The zero-order valence-electron chi connectivity index (χ0n) is 14.2. The van der Waals surface area contributed by atoms with Gasteiger partial charge in [0.1, 0.15) is 0 Å². The number of anilines is 1. The summed E-state index contributed by atoms with van der Waals surface area (Å²) in [6.45, 7) is 5.34. The smallest absolute Gasteiger partial charge is 0.171 e. The Morgan fingerprint density at radius 2 is 1.96 bits per heavy atom. The number of thiocarbonyl (C=S) groups is 1. The third-order valence-electron chi connectivity index (χ3n) is 4.71. The van der Waals surface area contributed by atoms with Gasteiger partial charge in [-0.15, -0.1) is 0 Å². The number of aryl methyl sites for hydroxylation is 1. The summed E-state index contributed by atoms with van der Waals surface area (Å²) < 4.78 is 5.66. The fraction of sp³-hybridized carbons (Fsp3) is 0.421. The minimum absolute atomic E-state index is 0.310. The second-order valence-electron chi connectivity index (χ2n) is 6.32. The van der Waals surface area contributed by atoms with Gasteiger partial charge in [-0.1, -0.05) is 19.1 Å². The van der Waals surface area contributed by atoms with E-state index < -0.39 is 0 Å². The van der Waals surface area contributed by atoms with E-state index in [2.05, 4.69) is 47.9 Å². The second-order valence-corrected chi connectivity index (χ2v) is 6.73. The van der Waals surface area contributed by atoms with E-state index in [1.54, 1.807) is 11.2 Å². The van der Waals surface area contributed by atoms with Gasteiger partial charge in [-0.25, -0.2) is 0 Å². The van der Waals surface area contributed by atoms with Crippen molar-refractivity contribution in [3.8, 4) is 0 Å². The summed E-state index contributed by atoms with van der Waals surface area (Å²) in [7, 11) is 0. The highest BCUT2D eigenvalue weighted by Crippen LogP contribution is 2.12. The predicted molar refractivity (Wildman–Crippen MR) is 101 cm³/mol. The first-order chi connectivity index (χ1) is 11.8. The van der Waals surface area contributed by atoms with Crippen molar-refractivity contribution in [3.05, 3.63) is 54.0 Å². The molecule has 2 aromatic rings. The second kappa shape index (κ2) is 8.31. The molecular formula is C19H26N3OS+. The zero-order chi connectivity index (χ0) is 16.8. The molecule has 1 atom stereocenters. The van der Waals surface area contributed by atoms with Gasteiger partial charge in [0.25, 0.3) is 0 Å². The van der Waals surface area contributed by atoms with Crippen LogP contribution >= 0.6 is 12.2 Å². The quantitative estimate of drug-likeness (QED) is 0.705. The van der Waals surface area contributed by atoms with Gasteiger partial charge in [0.2, 0.25) is 0 Å². The number of hydrogen-bond acceptors (Lipinski definition) is 2. The summed E-state index contributed by atoms with van der Waals surface area (Å²) >= 11 is 5.46. The van der Waals surface area contributed by atoms with E-state index in [0.29, 0.717) is 11.2 Å². The molecule has 0 amide bonds. The summed E-state index contributed by atoms with van der Waals surface area (Å²) in [5, 5.41) is 7.29. The Morgan fingerprint density at radius 3 is 2.58 bits per heavy atom. The fourth-order valence-electron chi connectivity index (χ4n) is 3.31. The van der Waals surface area contributed by atoms with E-state index in [-0.39, 0.29) is 0 Å². The van der Waals surface area contributed by atoms with Crippen LogP contribution in [0.2, 0.25) is 0 Å². The lowest BCUT2D eigenvalue weighted by atomic mass is 10.1. The highest BCUT2D eigenvalue weighted by molar-refractivity contribution is 7.80. The molecule has 3 N–H and O–H groups in total. The first-order valence-electron chi connectivity index (χ1n) is 8.78. The number of hydrogen-bond donors (Lipinski definition) is 3. The van der Waals surface area contributed by atoms with Gasteiger partial charge < -0.3 is 20.0 Å². The maximum atomic E-state index is 5.66. The minimum atomic E-state index is 0.310. The van der Waals surface area contributed by atoms with Gasteiger partial charge in [0.15, 0.2) is 16.9 Å². The van der Waals surface area contributed by atoms with E-state index in [4.69, 9.17) is 16.6 Å². The zero-order valence-corrected chi connectivity index (χ0v) is 15.0. The van der Waals surface area contributed by atoms with Crippen LogP contribution in [0.3, 0.4) is 0 Å². The molecular weight excluding hydrogens is 318 g/mol. The van der Waals surface area contributed by atoms with Crippen LogP contribution < -0.4 is 15.5 Å². The first-order valence-corrected chi connectivity index (χ1v) is 9.19. The summed E-state index contributed by atoms with van der Waals surface area (Å²) in [5.74, 6) is 1.04. The number of benzene rings is 1. The number of likely N-dealkylation sites (tertiary alicyclic amines) is 1. The van der Waals surface area contributed by atoms with Crippen molar-refractivity contribution in [2.75, 3.05) is 25.0 Å². The van der Waals surface area contributed by atoms with E-state index in [1.165, 1.54) is 31.5 Å². The normalized spacial score (nSPS) is 16.0.